The first-order chi connectivity index (χ1) is 14.1. The topological polar surface area (TPSA) is 42.1 Å². The fraction of sp³-hybridized carbons (Fsp3) is 0.360. The standard InChI is InChI=1S/C25H29NO2S/c1-17-9-11-18(12-10-17)20-13-14-29(3)16-22(20)21-15-23(19-7-5-4-6-8-19)26-24(21)25(27)28-2/h4-8,13-18,26H,9-12H2,1-3H3. The summed E-state index contributed by atoms with van der Waals surface area (Å²) in [6, 6.07) is 12.3. The Balaban J connectivity index is 1.79. The van der Waals surface area contributed by atoms with E-state index >= 15 is 0 Å². The molecular weight excluding hydrogens is 378 g/mol. The number of allylic oxidation sites excluding steroid dienone is 3. The van der Waals surface area contributed by atoms with Gasteiger partial charge in [0.2, 0.25) is 0 Å². The summed E-state index contributed by atoms with van der Waals surface area (Å²) in [7, 11) is 1.51. The van der Waals surface area contributed by atoms with Gasteiger partial charge in [0.05, 0.1) is 7.11 Å². The van der Waals surface area contributed by atoms with Crippen LogP contribution in [-0.2, 0) is 4.74 Å². The molecule has 1 fully saturated rings. The lowest BCUT2D eigenvalue weighted by molar-refractivity contribution is 0.0594. The summed E-state index contributed by atoms with van der Waals surface area (Å²) < 4.78 is 5.12. The first kappa shape index (κ1) is 20.0. The van der Waals surface area contributed by atoms with Crippen LogP contribution in [0.25, 0.3) is 16.8 Å². The van der Waals surface area contributed by atoms with Crippen LogP contribution in [0.3, 0.4) is 0 Å². The molecule has 4 heteroatoms. The number of aromatic amines is 1. The molecule has 4 rings (SSSR count). The molecule has 152 valence electrons. The summed E-state index contributed by atoms with van der Waals surface area (Å²) in [6.07, 6.45) is 9.53. The summed E-state index contributed by atoms with van der Waals surface area (Å²) in [4.78, 5) is 16.0. The Morgan fingerprint density at radius 3 is 2.55 bits per heavy atom. The average molecular weight is 408 g/mol. The van der Waals surface area contributed by atoms with Crippen molar-refractivity contribution >= 4 is 27.4 Å². The van der Waals surface area contributed by atoms with Crippen LogP contribution < -0.4 is 0 Å². The molecule has 1 atom stereocenters. The van der Waals surface area contributed by atoms with E-state index in [9.17, 15) is 4.79 Å². The highest BCUT2D eigenvalue weighted by molar-refractivity contribution is 8.17. The molecule has 0 amide bonds. The van der Waals surface area contributed by atoms with Gasteiger partial charge >= 0.3 is 5.97 Å². The van der Waals surface area contributed by atoms with E-state index in [1.54, 1.807) is 0 Å². The van der Waals surface area contributed by atoms with Crippen LogP contribution in [-0.4, -0.2) is 29.7 Å². The number of nitrogens with one attached hydrogen (secondary N) is 1. The third-order valence-electron chi connectivity index (χ3n) is 6.11. The third-order valence-corrected chi connectivity index (χ3v) is 7.29. The molecule has 2 aliphatic rings. The summed E-state index contributed by atoms with van der Waals surface area (Å²) in [5, 5.41) is 4.64. The average Bonchev–Trinajstić information content (AvgIpc) is 3.20. The molecule has 0 radical (unpaired) electrons. The van der Waals surface area contributed by atoms with Gasteiger partial charge in [-0.05, 0) is 64.5 Å². The predicted molar refractivity (Wildman–Crippen MR) is 124 cm³/mol. The Kier molecular flexibility index (Phi) is 5.91. The number of ether oxygens (including phenoxy) is 1. The zero-order chi connectivity index (χ0) is 20.4. The van der Waals surface area contributed by atoms with Crippen molar-refractivity contribution in [3.63, 3.8) is 0 Å². The van der Waals surface area contributed by atoms with E-state index in [2.05, 4.69) is 53.2 Å². The van der Waals surface area contributed by atoms with E-state index in [1.807, 2.05) is 18.2 Å². The van der Waals surface area contributed by atoms with Crippen LogP contribution in [0.1, 0.15) is 48.7 Å². The molecule has 29 heavy (non-hydrogen) atoms. The Morgan fingerprint density at radius 2 is 1.86 bits per heavy atom. The van der Waals surface area contributed by atoms with Crippen LogP contribution in [0.2, 0.25) is 0 Å². The highest BCUT2D eigenvalue weighted by atomic mass is 32.2. The van der Waals surface area contributed by atoms with Crippen LogP contribution in [0.15, 0.2) is 53.5 Å². The molecule has 0 saturated heterocycles. The van der Waals surface area contributed by atoms with Gasteiger partial charge in [-0.1, -0.05) is 56.2 Å². The van der Waals surface area contributed by atoms with E-state index < -0.39 is 0 Å². The second kappa shape index (κ2) is 8.58. The van der Waals surface area contributed by atoms with Gasteiger partial charge in [-0.2, -0.15) is 10.5 Å². The Labute approximate surface area is 175 Å². The number of benzene rings is 1. The number of carbonyl (C=O) groups excluding carboxylic acids is 1. The number of aromatic nitrogens is 1. The molecule has 1 aromatic carbocycles. The quantitative estimate of drug-likeness (QED) is 0.479. The van der Waals surface area contributed by atoms with Gasteiger partial charge in [0, 0.05) is 11.3 Å². The number of carbonyl (C=O) groups is 1. The highest BCUT2D eigenvalue weighted by Gasteiger charge is 2.28. The number of hydrogen-bond donors (Lipinski definition) is 1. The Morgan fingerprint density at radius 1 is 1.14 bits per heavy atom. The lowest BCUT2D eigenvalue weighted by Gasteiger charge is -2.30. The fourth-order valence-corrected chi connectivity index (χ4v) is 5.49. The molecule has 1 unspecified atom stereocenters. The normalized spacial score (nSPS) is 24.3. The van der Waals surface area contributed by atoms with Crippen molar-refractivity contribution in [1.29, 1.82) is 0 Å². The van der Waals surface area contributed by atoms with Crippen LogP contribution >= 0.6 is 10.5 Å². The molecule has 1 aliphatic carbocycles. The van der Waals surface area contributed by atoms with Crippen molar-refractivity contribution < 1.29 is 9.53 Å². The zero-order valence-electron chi connectivity index (χ0n) is 17.4. The minimum absolute atomic E-state index is 0.0590. The van der Waals surface area contributed by atoms with Gasteiger partial charge in [0.25, 0.3) is 0 Å². The summed E-state index contributed by atoms with van der Waals surface area (Å²) in [6.45, 7) is 2.35. The first-order valence-corrected chi connectivity index (χ1v) is 12.1. The fourth-order valence-electron chi connectivity index (χ4n) is 4.41. The highest BCUT2D eigenvalue weighted by Crippen LogP contribution is 2.43. The summed E-state index contributed by atoms with van der Waals surface area (Å²) in [5.41, 5.74) is 6.12. The SMILES string of the molecule is COC(=O)c1[nH]c(-c2ccccc2)cc1C1=CS(C)=CC=C1C1CCC(C)CC1. The maximum absolute atomic E-state index is 12.6. The first-order valence-electron chi connectivity index (χ1n) is 10.3. The van der Waals surface area contributed by atoms with Crippen molar-refractivity contribution in [3.8, 4) is 11.3 Å². The van der Waals surface area contributed by atoms with Gasteiger partial charge in [-0.3, -0.25) is 0 Å². The van der Waals surface area contributed by atoms with Crippen molar-refractivity contribution in [2.45, 2.75) is 32.6 Å². The lowest BCUT2D eigenvalue weighted by Crippen LogP contribution is -2.17. The maximum atomic E-state index is 12.6. The molecule has 1 aliphatic heterocycles. The van der Waals surface area contributed by atoms with Gasteiger partial charge in [-0.25, -0.2) is 4.79 Å². The van der Waals surface area contributed by atoms with Gasteiger partial charge in [-0.15, -0.1) is 0 Å². The minimum Gasteiger partial charge on any atom is -0.464 e. The third kappa shape index (κ3) is 4.18. The smallest absolute Gasteiger partial charge is 0.355 e. The van der Waals surface area contributed by atoms with E-state index in [4.69, 9.17) is 4.74 Å². The van der Waals surface area contributed by atoms with Crippen LogP contribution in [0, 0.1) is 11.8 Å². The molecule has 2 heterocycles. The predicted octanol–water partition coefficient (Wildman–Crippen LogP) is 6.28. The molecule has 0 spiro atoms. The summed E-state index contributed by atoms with van der Waals surface area (Å²) in [5.74, 6) is 1.06. The monoisotopic (exact) mass is 407 g/mol. The molecule has 2 aromatic rings. The largest absolute Gasteiger partial charge is 0.464 e. The number of hydrogen-bond acceptors (Lipinski definition) is 2. The van der Waals surface area contributed by atoms with Crippen molar-refractivity contribution in [2.75, 3.05) is 13.4 Å². The van der Waals surface area contributed by atoms with Crippen LogP contribution in [0.4, 0.5) is 0 Å². The van der Waals surface area contributed by atoms with Gasteiger partial charge < -0.3 is 9.72 Å². The maximum Gasteiger partial charge on any atom is 0.355 e. The molecule has 1 N–H and O–H groups in total. The zero-order valence-corrected chi connectivity index (χ0v) is 18.2. The minimum atomic E-state index is -0.315. The second-order valence-electron chi connectivity index (χ2n) is 8.18. The van der Waals surface area contributed by atoms with Gasteiger partial charge in [0.1, 0.15) is 5.69 Å². The lowest BCUT2D eigenvalue weighted by atomic mass is 9.76. The van der Waals surface area contributed by atoms with Crippen LogP contribution in [0.5, 0.6) is 0 Å². The van der Waals surface area contributed by atoms with Crippen molar-refractivity contribution in [2.24, 2.45) is 11.8 Å². The molecule has 0 bridgehead atoms. The Hall–Kier alpha value is -2.33. The van der Waals surface area contributed by atoms with E-state index in [0.717, 1.165) is 22.7 Å². The number of rotatable bonds is 4. The second-order valence-corrected chi connectivity index (χ2v) is 9.91. The van der Waals surface area contributed by atoms with Crippen molar-refractivity contribution in [1.82, 2.24) is 4.98 Å². The number of H-pyrrole nitrogens is 1. The number of esters is 1. The van der Waals surface area contributed by atoms with E-state index in [-0.39, 0.29) is 16.5 Å². The molecule has 3 nitrogen and oxygen atoms in total. The number of methoxy groups -OCH3 is 1. The van der Waals surface area contributed by atoms with Crippen molar-refractivity contribution in [3.05, 3.63) is 64.7 Å². The summed E-state index contributed by atoms with van der Waals surface area (Å²) >= 11 is 0. The molecule has 1 aromatic heterocycles. The van der Waals surface area contributed by atoms with E-state index in [0.29, 0.717) is 11.6 Å². The molecule has 1 saturated carbocycles. The van der Waals surface area contributed by atoms with E-state index in [1.165, 1.54) is 43.9 Å². The molecular formula is C25H29NO2S. The Bertz CT molecular complexity index is 989. The van der Waals surface area contributed by atoms with Gasteiger partial charge in [0.15, 0.2) is 0 Å².